The molecule has 0 aliphatic carbocycles. The topological polar surface area (TPSA) is 58.6 Å². The highest BCUT2D eigenvalue weighted by atomic mass is 79.9. The van der Waals surface area contributed by atoms with E-state index in [9.17, 15) is 9.59 Å². The lowest BCUT2D eigenvalue weighted by Crippen LogP contribution is -2.50. The van der Waals surface area contributed by atoms with Crippen LogP contribution in [0.15, 0.2) is 46.9 Å². The highest BCUT2D eigenvalue weighted by Gasteiger charge is 2.27. The highest BCUT2D eigenvalue weighted by Crippen LogP contribution is 2.28. The number of carbonyl (C=O) groups is 2. The molecule has 0 spiro atoms. The predicted octanol–water partition coefficient (Wildman–Crippen LogP) is 5.47. The van der Waals surface area contributed by atoms with Gasteiger partial charge in [0, 0.05) is 22.6 Å². The van der Waals surface area contributed by atoms with Crippen molar-refractivity contribution < 1.29 is 14.3 Å². The molecule has 1 N–H and O–H groups in total. The van der Waals surface area contributed by atoms with Crippen molar-refractivity contribution in [2.24, 2.45) is 0 Å². The van der Waals surface area contributed by atoms with Crippen molar-refractivity contribution in [3.63, 3.8) is 0 Å². The molecule has 0 aliphatic heterocycles. The van der Waals surface area contributed by atoms with Gasteiger partial charge in [0.25, 0.3) is 5.91 Å². The van der Waals surface area contributed by atoms with Crippen LogP contribution < -0.4 is 10.1 Å². The Hall–Kier alpha value is -1.76. The number of ether oxygens (including phenoxy) is 1. The Morgan fingerprint density at radius 2 is 1.87 bits per heavy atom. The third-order valence-corrected chi connectivity index (χ3v) is 5.94. The first-order valence-electron chi connectivity index (χ1n) is 9.64. The molecule has 2 rings (SSSR count). The van der Waals surface area contributed by atoms with Gasteiger partial charge in [0.2, 0.25) is 5.91 Å². The van der Waals surface area contributed by atoms with Crippen LogP contribution in [0.4, 0.5) is 0 Å². The Morgan fingerprint density at radius 3 is 2.50 bits per heavy atom. The molecule has 162 valence electrons. The minimum absolute atomic E-state index is 0.0125. The van der Waals surface area contributed by atoms with Crippen LogP contribution in [0.1, 0.15) is 32.8 Å². The molecule has 5 nitrogen and oxygen atoms in total. The van der Waals surface area contributed by atoms with Crippen LogP contribution in [-0.2, 0) is 16.1 Å². The molecule has 0 aliphatic rings. The zero-order chi connectivity index (χ0) is 22.3. The molecule has 0 heterocycles. The first kappa shape index (κ1) is 24.5. The van der Waals surface area contributed by atoms with E-state index in [0.29, 0.717) is 20.3 Å². The average molecular weight is 516 g/mol. The Labute approximate surface area is 195 Å². The lowest BCUT2D eigenvalue weighted by atomic mass is 10.1. The third kappa shape index (κ3) is 6.89. The van der Waals surface area contributed by atoms with Gasteiger partial charge in [-0.1, -0.05) is 48.3 Å². The summed E-state index contributed by atoms with van der Waals surface area (Å²) in [6.45, 7) is 5.57. The van der Waals surface area contributed by atoms with Gasteiger partial charge < -0.3 is 15.0 Å². The molecule has 2 aromatic rings. The van der Waals surface area contributed by atoms with Crippen molar-refractivity contribution in [2.75, 3.05) is 6.61 Å². The molecule has 0 saturated carbocycles. The fraction of sp³-hybridized carbons (Fsp3) is 0.364. The number of hydrogen-bond acceptors (Lipinski definition) is 3. The number of carbonyl (C=O) groups excluding carboxylic acids is 2. The fourth-order valence-corrected chi connectivity index (χ4v) is 3.67. The number of nitrogens with one attached hydrogen (secondary N) is 1. The summed E-state index contributed by atoms with van der Waals surface area (Å²) >= 11 is 15.6. The maximum atomic E-state index is 13.0. The molecular formula is C22H25BrCl2N2O3. The van der Waals surface area contributed by atoms with Crippen LogP contribution in [0.25, 0.3) is 0 Å². The second kappa shape index (κ2) is 11.6. The summed E-state index contributed by atoms with van der Waals surface area (Å²) in [6, 6.07) is 11.6. The van der Waals surface area contributed by atoms with Gasteiger partial charge in [0.15, 0.2) is 6.61 Å². The molecule has 0 bridgehead atoms. The van der Waals surface area contributed by atoms with E-state index in [1.54, 1.807) is 31.2 Å². The average Bonchev–Trinajstić information content (AvgIpc) is 2.71. The summed E-state index contributed by atoms with van der Waals surface area (Å²) < 4.78 is 6.31. The summed E-state index contributed by atoms with van der Waals surface area (Å²) in [4.78, 5) is 27.2. The minimum Gasteiger partial charge on any atom is -0.483 e. The lowest BCUT2D eigenvalue weighted by Gasteiger charge is -2.30. The molecule has 2 unspecified atom stereocenters. The van der Waals surface area contributed by atoms with Crippen molar-refractivity contribution in [3.8, 4) is 5.75 Å². The second-order valence-electron chi connectivity index (χ2n) is 6.97. The first-order valence-corrected chi connectivity index (χ1v) is 11.2. The Bertz CT molecular complexity index is 894. The van der Waals surface area contributed by atoms with E-state index in [0.717, 1.165) is 12.0 Å². The van der Waals surface area contributed by atoms with Crippen molar-refractivity contribution in [3.05, 3.63) is 62.5 Å². The van der Waals surface area contributed by atoms with Crippen LogP contribution >= 0.6 is 39.1 Å². The van der Waals surface area contributed by atoms with Gasteiger partial charge in [0.05, 0.1) is 4.47 Å². The van der Waals surface area contributed by atoms with Crippen LogP contribution in [0.5, 0.6) is 5.75 Å². The van der Waals surface area contributed by atoms with Crippen molar-refractivity contribution >= 4 is 50.9 Å². The van der Waals surface area contributed by atoms with Crippen LogP contribution in [0.3, 0.4) is 0 Å². The largest absolute Gasteiger partial charge is 0.483 e. The van der Waals surface area contributed by atoms with E-state index >= 15 is 0 Å². The molecular weight excluding hydrogens is 491 g/mol. The summed E-state index contributed by atoms with van der Waals surface area (Å²) in [5, 5.41) is 4.01. The van der Waals surface area contributed by atoms with Gasteiger partial charge in [-0.15, -0.1) is 0 Å². The Morgan fingerprint density at radius 1 is 1.17 bits per heavy atom. The predicted molar refractivity (Wildman–Crippen MR) is 124 cm³/mol. The van der Waals surface area contributed by atoms with Crippen molar-refractivity contribution in [2.45, 2.75) is 45.8 Å². The standard InChI is InChI=1S/C22H25BrCl2N2O3/c1-4-14(2)26-22(29)15(3)27(12-16-7-5-6-8-19(16)25)21(28)13-30-20-10-9-17(24)11-18(20)23/h5-11,14-15H,4,12-13H2,1-3H3,(H,26,29). The Balaban J connectivity index is 2.19. The van der Waals surface area contributed by atoms with E-state index in [2.05, 4.69) is 21.2 Å². The smallest absolute Gasteiger partial charge is 0.261 e. The summed E-state index contributed by atoms with van der Waals surface area (Å²) in [6.07, 6.45) is 0.796. The van der Waals surface area contributed by atoms with E-state index < -0.39 is 6.04 Å². The highest BCUT2D eigenvalue weighted by molar-refractivity contribution is 9.10. The first-order chi connectivity index (χ1) is 14.2. The molecule has 2 aromatic carbocycles. The maximum absolute atomic E-state index is 13.0. The molecule has 0 saturated heterocycles. The van der Waals surface area contributed by atoms with Gasteiger partial charge >= 0.3 is 0 Å². The van der Waals surface area contributed by atoms with E-state index in [1.807, 2.05) is 32.0 Å². The molecule has 0 fully saturated rings. The van der Waals surface area contributed by atoms with Crippen LogP contribution in [0.2, 0.25) is 10.0 Å². The van der Waals surface area contributed by atoms with Gasteiger partial charge in [-0.2, -0.15) is 0 Å². The number of halogens is 3. The summed E-state index contributed by atoms with van der Waals surface area (Å²) in [7, 11) is 0. The molecule has 30 heavy (non-hydrogen) atoms. The molecule has 0 radical (unpaired) electrons. The fourth-order valence-electron chi connectivity index (χ4n) is 2.67. The van der Waals surface area contributed by atoms with Crippen LogP contribution in [-0.4, -0.2) is 35.4 Å². The number of amides is 2. The summed E-state index contributed by atoms with van der Waals surface area (Å²) in [5.74, 6) is -0.0665. The number of benzene rings is 2. The monoisotopic (exact) mass is 514 g/mol. The zero-order valence-corrected chi connectivity index (χ0v) is 20.2. The normalized spacial score (nSPS) is 12.7. The van der Waals surface area contributed by atoms with Crippen LogP contribution in [0, 0.1) is 0 Å². The van der Waals surface area contributed by atoms with Gasteiger partial charge in [0.1, 0.15) is 11.8 Å². The van der Waals surface area contributed by atoms with Crippen molar-refractivity contribution in [1.82, 2.24) is 10.2 Å². The SMILES string of the molecule is CCC(C)NC(=O)C(C)N(Cc1ccccc1Cl)C(=O)COc1ccc(Cl)cc1Br. The Kier molecular flexibility index (Phi) is 9.46. The summed E-state index contributed by atoms with van der Waals surface area (Å²) in [5.41, 5.74) is 0.753. The van der Waals surface area contributed by atoms with E-state index in [-0.39, 0.29) is 31.0 Å². The van der Waals surface area contributed by atoms with Gasteiger partial charge in [-0.05, 0) is 66.0 Å². The molecule has 2 amide bonds. The van der Waals surface area contributed by atoms with Crippen molar-refractivity contribution in [1.29, 1.82) is 0 Å². The number of nitrogens with zero attached hydrogens (tertiary/aromatic N) is 1. The van der Waals surface area contributed by atoms with Gasteiger partial charge in [-0.3, -0.25) is 9.59 Å². The number of rotatable bonds is 9. The lowest BCUT2D eigenvalue weighted by molar-refractivity contribution is -0.142. The second-order valence-corrected chi connectivity index (χ2v) is 8.67. The number of hydrogen-bond donors (Lipinski definition) is 1. The quantitative estimate of drug-likeness (QED) is 0.482. The minimum atomic E-state index is -0.694. The zero-order valence-electron chi connectivity index (χ0n) is 17.1. The van der Waals surface area contributed by atoms with Gasteiger partial charge in [-0.25, -0.2) is 0 Å². The van der Waals surface area contributed by atoms with E-state index in [1.165, 1.54) is 4.90 Å². The van der Waals surface area contributed by atoms with E-state index in [4.69, 9.17) is 27.9 Å². The third-order valence-electron chi connectivity index (χ3n) is 4.71. The maximum Gasteiger partial charge on any atom is 0.261 e. The molecule has 8 heteroatoms. The molecule has 2 atom stereocenters. The molecule has 0 aromatic heterocycles.